The summed E-state index contributed by atoms with van der Waals surface area (Å²) >= 11 is 0. The van der Waals surface area contributed by atoms with Crippen LogP contribution < -0.4 is 5.73 Å². The van der Waals surface area contributed by atoms with Crippen molar-refractivity contribution in [2.24, 2.45) is 23.5 Å². The Labute approximate surface area is 118 Å². The zero-order chi connectivity index (χ0) is 14.4. The molecule has 1 saturated heterocycles. The minimum Gasteiger partial charge on any atom is -0.341 e. The zero-order valence-electron chi connectivity index (χ0n) is 13.1. The lowest BCUT2D eigenvalue weighted by molar-refractivity contribution is -0.136. The highest BCUT2D eigenvalue weighted by Gasteiger charge is 2.25. The Kier molecular flexibility index (Phi) is 6.80. The van der Waals surface area contributed by atoms with Crippen LogP contribution in [0, 0.1) is 17.8 Å². The summed E-state index contributed by atoms with van der Waals surface area (Å²) in [6.45, 7) is 14.1. The van der Waals surface area contributed by atoms with Crippen LogP contribution in [0.1, 0.15) is 34.1 Å². The summed E-state index contributed by atoms with van der Waals surface area (Å²) in [6, 6.07) is 0. The predicted molar refractivity (Wildman–Crippen MR) is 79.9 cm³/mol. The van der Waals surface area contributed by atoms with Gasteiger partial charge in [-0.15, -0.1) is 0 Å². The van der Waals surface area contributed by atoms with E-state index in [2.05, 4.69) is 30.6 Å². The van der Waals surface area contributed by atoms with Gasteiger partial charge in [-0.3, -0.25) is 4.79 Å². The first-order valence-corrected chi connectivity index (χ1v) is 7.67. The maximum absolute atomic E-state index is 12.4. The first-order chi connectivity index (χ1) is 8.95. The number of hydrogen-bond acceptors (Lipinski definition) is 3. The van der Waals surface area contributed by atoms with Crippen molar-refractivity contribution in [3.8, 4) is 0 Å². The van der Waals surface area contributed by atoms with Crippen molar-refractivity contribution >= 4 is 5.91 Å². The summed E-state index contributed by atoms with van der Waals surface area (Å²) in [5.74, 6) is 1.42. The molecule has 1 fully saturated rings. The van der Waals surface area contributed by atoms with Crippen LogP contribution in [0.4, 0.5) is 0 Å². The lowest BCUT2D eigenvalue weighted by Crippen LogP contribution is -2.40. The van der Waals surface area contributed by atoms with Crippen LogP contribution >= 0.6 is 0 Å². The lowest BCUT2D eigenvalue weighted by Gasteiger charge is -2.27. The molecule has 1 amide bonds. The molecule has 0 saturated carbocycles. The fraction of sp³-hybridized carbons (Fsp3) is 0.933. The van der Waals surface area contributed by atoms with Gasteiger partial charge in [-0.25, -0.2) is 0 Å². The number of amides is 1. The molecule has 2 N–H and O–H groups in total. The Morgan fingerprint density at radius 1 is 1.11 bits per heavy atom. The molecule has 0 bridgehead atoms. The number of carbonyl (C=O) groups excluding carboxylic acids is 1. The van der Waals surface area contributed by atoms with Crippen LogP contribution in [-0.2, 0) is 4.79 Å². The molecule has 112 valence electrons. The molecule has 0 aromatic heterocycles. The van der Waals surface area contributed by atoms with Crippen LogP contribution in [-0.4, -0.2) is 55.0 Å². The van der Waals surface area contributed by atoms with Gasteiger partial charge in [0.05, 0.1) is 0 Å². The monoisotopic (exact) mass is 269 g/mol. The van der Waals surface area contributed by atoms with Gasteiger partial charge in [0.25, 0.3) is 0 Å². The van der Waals surface area contributed by atoms with Gasteiger partial charge in [0.2, 0.25) is 5.91 Å². The van der Waals surface area contributed by atoms with E-state index in [-0.39, 0.29) is 5.92 Å². The van der Waals surface area contributed by atoms with E-state index in [1.807, 2.05) is 6.92 Å². The van der Waals surface area contributed by atoms with Crippen molar-refractivity contribution < 1.29 is 4.79 Å². The fourth-order valence-electron chi connectivity index (χ4n) is 2.46. The molecule has 2 atom stereocenters. The zero-order valence-corrected chi connectivity index (χ0v) is 13.1. The second-order valence-corrected chi connectivity index (χ2v) is 6.35. The highest BCUT2D eigenvalue weighted by atomic mass is 16.2. The third-order valence-corrected chi connectivity index (χ3v) is 4.26. The van der Waals surface area contributed by atoms with Gasteiger partial charge >= 0.3 is 0 Å². The third kappa shape index (κ3) is 5.11. The number of nitrogens with two attached hydrogens (primary N) is 1. The maximum atomic E-state index is 12.4. The molecule has 4 heteroatoms. The van der Waals surface area contributed by atoms with E-state index in [1.54, 1.807) is 0 Å². The Morgan fingerprint density at radius 3 is 2.37 bits per heavy atom. The topological polar surface area (TPSA) is 49.6 Å². The number of rotatable bonds is 5. The van der Waals surface area contributed by atoms with E-state index < -0.39 is 0 Å². The summed E-state index contributed by atoms with van der Waals surface area (Å²) in [6.07, 6.45) is 1.08. The third-order valence-electron chi connectivity index (χ3n) is 4.26. The lowest BCUT2D eigenvalue weighted by atomic mass is 9.96. The minimum absolute atomic E-state index is 0.134. The van der Waals surface area contributed by atoms with Crippen LogP contribution in [0.5, 0.6) is 0 Å². The van der Waals surface area contributed by atoms with Gasteiger partial charge in [-0.2, -0.15) is 0 Å². The summed E-state index contributed by atoms with van der Waals surface area (Å²) in [5, 5.41) is 0. The first-order valence-electron chi connectivity index (χ1n) is 7.67. The minimum atomic E-state index is 0.134. The molecule has 1 aliphatic rings. The predicted octanol–water partition coefficient (Wildman–Crippen LogP) is 1.41. The molecule has 0 aromatic rings. The Bertz CT molecular complexity index is 281. The Morgan fingerprint density at radius 2 is 1.79 bits per heavy atom. The van der Waals surface area contributed by atoms with E-state index in [0.717, 1.165) is 45.7 Å². The van der Waals surface area contributed by atoms with Crippen LogP contribution in [0.25, 0.3) is 0 Å². The summed E-state index contributed by atoms with van der Waals surface area (Å²) in [7, 11) is 0. The smallest absolute Gasteiger partial charge is 0.225 e. The number of carbonyl (C=O) groups is 1. The van der Waals surface area contributed by atoms with Gasteiger partial charge in [0.15, 0.2) is 0 Å². The van der Waals surface area contributed by atoms with E-state index in [9.17, 15) is 4.79 Å². The molecular weight excluding hydrogens is 238 g/mol. The molecule has 1 heterocycles. The van der Waals surface area contributed by atoms with E-state index >= 15 is 0 Å². The van der Waals surface area contributed by atoms with Crippen molar-refractivity contribution in [1.82, 2.24) is 9.80 Å². The fourth-order valence-corrected chi connectivity index (χ4v) is 2.46. The standard InChI is InChI=1S/C15H31N3O/c1-12(2)14(4)15(19)18-7-5-6-17(8-9-18)11-13(3)10-16/h12-14H,5-11,16H2,1-4H3. The molecule has 19 heavy (non-hydrogen) atoms. The molecule has 1 aliphatic heterocycles. The average molecular weight is 269 g/mol. The summed E-state index contributed by atoms with van der Waals surface area (Å²) in [4.78, 5) is 16.9. The number of nitrogens with zero attached hydrogens (tertiary/aromatic N) is 2. The van der Waals surface area contributed by atoms with Gasteiger partial charge < -0.3 is 15.5 Å². The van der Waals surface area contributed by atoms with E-state index in [0.29, 0.717) is 17.7 Å². The highest BCUT2D eigenvalue weighted by molar-refractivity contribution is 5.78. The van der Waals surface area contributed by atoms with Crippen molar-refractivity contribution in [3.05, 3.63) is 0 Å². The number of hydrogen-bond donors (Lipinski definition) is 1. The second kappa shape index (κ2) is 7.85. The van der Waals surface area contributed by atoms with Crippen molar-refractivity contribution in [2.75, 3.05) is 39.3 Å². The van der Waals surface area contributed by atoms with Gasteiger partial charge in [0.1, 0.15) is 0 Å². The van der Waals surface area contributed by atoms with E-state index in [4.69, 9.17) is 5.73 Å². The molecule has 0 radical (unpaired) electrons. The largest absolute Gasteiger partial charge is 0.341 e. The molecule has 0 aliphatic carbocycles. The van der Waals surface area contributed by atoms with Gasteiger partial charge in [-0.1, -0.05) is 27.7 Å². The first kappa shape index (κ1) is 16.4. The molecule has 0 spiro atoms. The molecule has 1 rings (SSSR count). The van der Waals surface area contributed by atoms with Crippen LogP contribution in [0.15, 0.2) is 0 Å². The van der Waals surface area contributed by atoms with Gasteiger partial charge in [0, 0.05) is 32.1 Å². The SMILES string of the molecule is CC(CN)CN1CCCN(C(=O)C(C)C(C)C)CC1. The van der Waals surface area contributed by atoms with Gasteiger partial charge in [-0.05, 0) is 31.3 Å². The second-order valence-electron chi connectivity index (χ2n) is 6.35. The molecular formula is C15H31N3O. The van der Waals surface area contributed by atoms with Crippen molar-refractivity contribution in [2.45, 2.75) is 34.1 Å². The summed E-state index contributed by atoms with van der Waals surface area (Å²) in [5.41, 5.74) is 5.69. The average Bonchev–Trinajstić information content (AvgIpc) is 2.62. The van der Waals surface area contributed by atoms with Crippen molar-refractivity contribution in [1.29, 1.82) is 0 Å². The van der Waals surface area contributed by atoms with Crippen LogP contribution in [0.3, 0.4) is 0 Å². The van der Waals surface area contributed by atoms with Crippen LogP contribution in [0.2, 0.25) is 0 Å². The highest BCUT2D eigenvalue weighted by Crippen LogP contribution is 2.15. The van der Waals surface area contributed by atoms with E-state index in [1.165, 1.54) is 0 Å². The summed E-state index contributed by atoms with van der Waals surface area (Å²) < 4.78 is 0. The Balaban J connectivity index is 2.47. The molecule has 4 nitrogen and oxygen atoms in total. The molecule has 0 aromatic carbocycles. The quantitative estimate of drug-likeness (QED) is 0.821. The van der Waals surface area contributed by atoms with Crippen molar-refractivity contribution in [3.63, 3.8) is 0 Å². The maximum Gasteiger partial charge on any atom is 0.225 e. The molecule has 2 unspecified atom stereocenters. The Hall–Kier alpha value is -0.610. The normalized spacial score (nSPS) is 21.3.